The molecule has 2 heterocycles. The molecule has 12 heteroatoms. The van der Waals surface area contributed by atoms with E-state index >= 15 is 0 Å². The number of hydrogen-bond acceptors (Lipinski definition) is 6. The third-order valence-corrected chi connectivity index (χ3v) is 3.93. The Morgan fingerprint density at radius 1 is 1.34 bits per heavy atom. The minimum Gasteiger partial charge on any atom is -0.476 e. The Labute approximate surface area is 167 Å². The molecule has 0 saturated carbocycles. The zero-order chi connectivity index (χ0) is 21.2. The van der Waals surface area contributed by atoms with Crippen LogP contribution in [0.15, 0.2) is 24.3 Å². The summed E-state index contributed by atoms with van der Waals surface area (Å²) in [5.41, 5.74) is 1.37. The van der Waals surface area contributed by atoms with E-state index in [2.05, 4.69) is 25.1 Å². The first-order chi connectivity index (χ1) is 13.6. The molecule has 0 saturated heterocycles. The summed E-state index contributed by atoms with van der Waals surface area (Å²) in [6.07, 6.45) is -4.47. The van der Waals surface area contributed by atoms with Gasteiger partial charge in [-0.15, -0.1) is 0 Å². The Morgan fingerprint density at radius 2 is 2.10 bits per heavy atom. The largest absolute Gasteiger partial charge is 0.476 e. The number of halogens is 4. The highest BCUT2D eigenvalue weighted by Gasteiger charge is 2.27. The van der Waals surface area contributed by atoms with Crippen molar-refractivity contribution in [3.8, 4) is 0 Å². The van der Waals surface area contributed by atoms with Crippen molar-refractivity contribution in [3.63, 3.8) is 0 Å². The number of benzene rings is 1. The monoisotopic (exact) mass is 429 g/mol. The molecule has 2 N–H and O–H groups in total. The number of hydrogen-bond donors (Lipinski definition) is 2. The van der Waals surface area contributed by atoms with Crippen molar-refractivity contribution in [2.45, 2.75) is 19.6 Å². The van der Waals surface area contributed by atoms with Crippen LogP contribution in [0.2, 0.25) is 5.28 Å². The number of nitrogens with one attached hydrogen (secondary N) is 1. The van der Waals surface area contributed by atoms with Crippen LogP contribution in [0.5, 0.6) is 0 Å². The number of carboxylic acid groups (broad SMARTS) is 1. The van der Waals surface area contributed by atoms with Gasteiger partial charge in [-0.3, -0.25) is 4.68 Å². The number of carboxylic acids is 1. The maximum Gasteiger partial charge on any atom is 0.411 e. The zero-order valence-electron chi connectivity index (χ0n) is 15.0. The van der Waals surface area contributed by atoms with Gasteiger partial charge in [-0.05, 0) is 36.2 Å². The fourth-order valence-electron chi connectivity index (χ4n) is 2.65. The molecule has 0 bridgehead atoms. The van der Waals surface area contributed by atoms with Gasteiger partial charge in [0.05, 0.1) is 13.2 Å². The first-order valence-corrected chi connectivity index (χ1v) is 8.67. The Bertz CT molecular complexity index is 1050. The van der Waals surface area contributed by atoms with Crippen molar-refractivity contribution in [2.24, 2.45) is 0 Å². The summed E-state index contributed by atoms with van der Waals surface area (Å²) in [5.74, 6) is -1.19. The third kappa shape index (κ3) is 5.12. The maximum atomic E-state index is 12.3. The second kappa shape index (κ2) is 8.21. The molecule has 0 radical (unpaired) electrons. The molecule has 0 fully saturated rings. The van der Waals surface area contributed by atoms with Crippen LogP contribution in [-0.2, 0) is 11.3 Å². The van der Waals surface area contributed by atoms with Gasteiger partial charge in [0.15, 0.2) is 11.5 Å². The van der Waals surface area contributed by atoms with E-state index in [4.69, 9.17) is 11.6 Å². The fourth-order valence-corrected chi connectivity index (χ4v) is 2.82. The van der Waals surface area contributed by atoms with Crippen LogP contribution in [0.1, 0.15) is 16.1 Å². The predicted octanol–water partition coefficient (Wildman–Crippen LogP) is 3.81. The van der Waals surface area contributed by atoms with E-state index in [0.29, 0.717) is 5.69 Å². The number of anilines is 2. The quantitative estimate of drug-likeness (QED) is 0.435. The molecule has 154 valence electrons. The first kappa shape index (κ1) is 20.8. The number of fused-ring (bicyclic) bond motifs is 1. The lowest BCUT2D eigenvalue weighted by atomic mass is 10.2. The molecule has 0 atom stereocenters. The van der Waals surface area contributed by atoms with E-state index in [1.165, 1.54) is 4.68 Å². The van der Waals surface area contributed by atoms with Crippen LogP contribution in [0.3, 0.4) is 0 Å². The third-order valence-electron chi connectivity index (χ3n) is 3.76. The van der Waals surface area contributed by atoms with Crippen LogP contribution < -0.4 is 5.32 Å². The van der Waals surface area contributed by atoms with Crippen molar-refractivity contribution in [3.05, 3.63) is 40.8 Å². The molecule has 0 aliphatic rings. The molecule has 1 aromatic carbocycles. The topological polar surface area (TPSA) is 102 Å². The van der Waals surface area contributed by atoms with Gasteiger partial charge in [0, 0.05) is 5.69 Å². The molecule has 29 heavy (non-hydrogen) atoms. The molecule has 0 aliphatic heterocycles. The number of ether oxygens (including phenoxy) is 1. The summed E-state index contributed by atoms with van der Waals surface area (Å²) in [6.45, 7) is -0.0254. The number of aryl methyl sites for hydroxylation is 1. The number of alkyl halides is 3. The molecule has 3 aromatic rings. The summed E-state index contributed by atoms with van der Waals surface area (Å²) in [6, 6.07) is 7.29. The molecule has 0 aliphatic carbocycles. The lowest BCUT2D eigenvalue weighted by molar-refractivity contribution is -0.174. The summed E-state index contributed by atoms with van der Waals surface area (Å²) >= 11 is 5.94. The SMILES string of the molecule is Cc1cccc(Nc2nc(Cl)nc3c(C(=O)O)nn(CCOCC(F)(F)F)c23)c1. The molecule has 0 unspecified atom stereocenters. The van der Waals surface area contributed by atoms with Gasteiger partial charge in [-0.25, -0.2) is 9.78 Å². The number of aromatic nitrogens is 4. The predicted molar refractivity (Wildman–Crippen MR) is 98.6 cm³/mol. The van der Waals surface area contributed by atoms with Gasteiger partial charge in [-0.1, -0.05) is 12.1 Å². The standard InChI is InChI=1S/C17H15ClF3N5O3/c1-9-3-2-4-10(7-9)22-14-13-11(23-16(18)24-14)12(15(27)28)25-26(13)5-6-29-8-17(19,20)21/h2-4,7H,5-6,8H2,1H3,(H,27,28)(H,22,23,24). The van der Waals surface area contributed by atoms with E-state index in [1.807, 2.05) is 25.1 Å². The van der Waals surface area contributed by atoms with Crippen molar-refractivity contribution in [1.82, 2.24) is 19.7 Å². The summed E-state index contributed by atoms with van der Waals surface area (Å²) in [4.78, 5) is 19.6. The van der Waals surface area contributed by atoms with Crippen molar-refractivity contribution >= 4 is 40.1 Å². The van der Waals surface area contributed by atoms with Gasteiger partial charge in [0.2, 0.25) is 5.28 Å². The lowest BCUT2D eigenvalue weighted by Crippen LogP contribution is -2.19. The van der Waals surface area contributed by atoms with Crippen molar-refractivity contribution < 1.29 is 27.8 Å². The highest BCUT2D eigenvalue weighted by Crippen LogP contribution is 2.28. The number of aromatic carboxylic acids is 1. The lowest BCUT2D eigenvalue weighted by Gasteiger charge is -2.11. The van der Waals surface area contributed by atoms with E-state index in [-0.39, 0.29) is 35.3 Å². The Balaban J connectivity index is 2.00. The van der Waals surface area contributed by atoms with Gasteiger partial charge in [-0.2, -0.15) is 23.3 Å². The maximum absolute atomic E-state index is 12.3. The molecule has 0 spiro atoms. The normalized spacial score (nSPS) is 11.8. The second-order valence-corrected chi connectivity index (χ2v) is 6.42. The molecule has 8 nitrogen and oxygen atoms in total. The van der Waals surface area contributed by atoms with Crippen LogP contribution in [0.25, 0.3) is 11.0 Å². The molecule has 2 aromatic heterocycles. The van der Waals surface area contributed by atoms with Gasteiger partial charge >= 0.3 is 12.1 Å². The second-order valence-electron chi connectivity index (χ2n) is 6.08. The smallest absolute Gasteiger partial charge is 0.411 e. The fraction of sp³-hybridized carbons (Fsp3) is 0.294. The number of nitrogens with zero attached hydrogens (tertiary/aromatic N) is 4. The molecule has 0 amide bonds. The zero-order valence-corrected chi connectivity index (χ0v) is 15.8. The molecular formula is C17H15ClF3N5O3. The van der Waals surface area contributed by atoms with Crippen LogP contribution in [-0.4, -0.2) is 50.2 Å². The minimum atomic E-state index is -4.47. The minimum absolute atomic E-state index is 0.0384. The Morgan fingerprint density at radius 3 is 2.76 bits per heavy atom. The van der Waals surface area contributed by atoms with Crippen molar-refractivity contribution in [2.75, 3.05) is 18.5 Å². The van der Waals surface area contributed by atoms with Crippen LogP contribution >= 0.6 is 11.6 Å². The van der Waals surface area contributed by atoms with E-state index in [9.17, 15) is 23.1 Å². The van der Waals surface area contributed by atoms with Gasteiger partial charge in [0.1, 0.15) is 17.6 Å². The average Bonchev–Trinajstić information content (AvgIpc) is 2.97. The summed E-state index contributed by atoms with van der Waals surface area (Å²) < 4.78 is 42.6. The number of rotatable bonds is 7. The van der Waals surface area contributed by atoms with Gasteiger partial charge < -0.3 is 15.2 Å². The summed E-state index contributed by atoms with van der Waals surface area (Å²) in [7, 11) is 0. The van der Waals surface area contributed by atoms with Gasteiger partial charge in [0.25, 0.3) is 0 Å². The molecular weight excluding hydrogens is 415 g/mol. The number of carbonyl (C=O) groups is 1. The average molecular weight is 430 g/mol. The highest BCUT2D eigenvalue weighted by atomic mass is 35.5. The Kier molecular flexibility index (Phi) is 5.89. The molecule has 3 rings (SSSR count). The summed E-state index contributed by atoms with van der Waals surface area (Å²) in [5, 5.41) is 16.2. The highest BCUT2D eigenvalue weighted by molar-refractivity contribution is 6.29. The Hall–Kier alpha value is -2.92. The van der Waals surface area contributed by atoms with Crippen LogP contribution in [0.4, 0.5) is 24.7 Å². The first-order valence-electron chi connectivity index (χ1n) is 8.29. The van der Waals surface area contributed by atoms with Crippen LogP contribution in [0, 0.1) is 6.92 Å². The van der Waals surface area contributed by atoms with Crippen molar-refractivity contribution in [1.29, 1.82) is 0 Å². The van der Waals surface area contributed by atoms with E-state index in [0.717, 1.165) is 5.56 Å². The van der Waals surface area contributed by atoms with E-state index < -0.39 is 24.4 Å². The van der Waals surface area contributed by atoms with E-state index in [1.54, 1.807) is 6.07 Å².